The van der Waals surface area contributed by atoms with Gasteiger partial charge in [0.05, 0.1) is 12.2 Å². The van der Waals surface area contributed by atoms with Gasteiger partial charge in [-0.15, -0.1) is 0 Å². The van der Waals surface area contributed by atoms with Gasteiger partial charge in [-0.3, -0.25) is 4.79 Å². The van der Waals surface area contributed by atoms with Crippen molar-refractivity contribution in [3.63, 3.8) is 0 Å². The average Bonchev–Trinajstić information content (AvgIpc) is 2.63. The Morgan fingerprint density at radius 2 is 2.21 bits per heavy atom. The highest BCUT2D eigenvalue weighted by molar-refractivity contribution is 6.01. The summed E-state index contributed by atoms with van der Waals surface area (Å²) in [4.78, 5) is 11.1. The lowest BCUT2D eigenvalue weighted by molar-refractivity contribution is 0.0675. The monoisotopic (exact) mass is 198 g/mol. The topological polar surface area (TPSA) is 26.3 Å². The number of para-hydroxylation sites is 1. The predicted molar refractivity (Wildman–Crippen MR) is 46.0 cm³/mol. The first-order valence-electron chi connectivity index (χ1n) is 4.27. The van der Waals surface area contributed by atoms with Gasteiger partial charge in [0.2, 0.25) is 5.78 Å². The molecule has 2 nitrogen and oxygen atoms in total. The number of Topliss-reactive ketones (excluding diaryl/α,β-unsaturated/α-hetero) is 1. The van der Waals surface area contributed by atoms with E-state index in [-0.39, 0.29) is 5.56 Å². The second-order valence-corrected chi connectivity index (χ2v) is 3.06. The number of ketones is 1. The van der Waals surface area contributed by atoms with Crippen LogP contribution in [0.4, 0.5) is 8.78 Å². The normalized spacial score (nSPS) is 13.9. The third-order valence-electron chi connectivity index (χ3n) is 2.18. The number of alkyl halides is 2. The minimum absolute atomic E-state index is 0.00463. The van der Waals surface area contributed by atoms with E-state index < -0.39 is 12.2 Å². The Labute approximate surface area is 79.5 Å². The zero-order valence-corrected chi connectivity index (χ0v) is 7.30. The first-order valence-corrected chi connectivity index (χ1v) is 4.27. The molecule has 0 saturated carbocycles. The summed E-state index contributed by atoms with van der Waals surface area (Å²) in [6, 6.07) is 4.76. The van der Waals surface area contributed by atoms with Crippen molar-refractivity contribution in [3.8, 4) is 5.75 Å². The van der Waals surface area contributed by atoms with E-state index in [0.29, 0.717) is 18.8 Å². The van der Waals surface area contributed by atoms with Crippen molar-refractivity contribution in [3.05, 3.63) is 29.3 Å². The van der Waals surface area contributed by atoms with Gasteiger partial charge >= 0.3 is 6.43 Å². The number of benzene rings is 1. The third-order valence-corrected chi connectivity index (χ3v) is 2.18. The van der Waals surface area contributed by atoms with E-state index in [9.17, 15) is 13.6 Å². The van der Waals surface area contributed by atoms with Crippen molar-refractivity contribution in [1.29, 1.82) is 0 Å². The van der Waals surface area contributed by atoms with E-state index in [0.717, 1.165) is 5.56 Å². The molecule has 1 heterocycles. The lowest BCUT2D eigenvalue weighted by Gasteiger charge is -2.05. The van der Waals surface area contributed by atoms with Crippen LogP contribution in [0.25, 0.3) is 0 Å². The van der Waals surface area contributed by atoms with Crippen LogP contribution in [0.2, 0.25) is 0 Å². The molecule has 1 aromatic rings. The molecule has 14 heavy (non-hydrogen) atoms. The Bertz CT molecular complexity index is 374. The van der Waals surface area contributed by atoms with E-state index in [2.05, 4.69) is 0 Å². The number of hydrogen-bond donors (Lipinski definition) is 0. The zero-order chi connectivity index (χ0) is 10.1. The molecule has 1 aliphatic rings. The lowest BCUT2D eigenvalue weighted by Crippen LogP contribution is -2.11. The first-order chi connectivity index (χ1) is 6.70. The van der Waals surface area contributed by atoms with Crippen molar-refractivity contribution >= 4 is 5.78 Å². The van der Waals surface area contributed by atoms with Gasteiger partial charge in [0.1, 0.15) is 5.75 Å². The molecule has 0 fully saturated rings. The highest BCUT2D eigenvalue weighted by Gasteiger charge is 2.25. The molecule has 4 heteroatoms. The van der Waals surface area contributed by atoms with Crippen molar-refractivity contribution in [2.45, 2.75) is 12.8 Å². The van der Waals surface area contributed by atoms with E-state index >= 15 is 0 Å². The predicted octanol–water partition coefficient (Wildman–Crippen LogP) is 2.07. The molecule has 0 N–H and O–H groups in total. The van der Waals surface area contributed by atoms with E-state index in [1.165, 1.54) is 6.07 Å². The summed E-state index contributed by atoms with van der Waals surface area (Å²) in [5.74, 6) is -0.832. The van der Waals surface area contributed by atoms with Crippen LogP contribution in [-0.2, 0) is 6.42 Å². The van der Waals surface area contributed by atoms with Gasteiger partial charge in [0.25, 0.3) is 0 Å². The fourth-order valence-corrected chi connectivity index (χ4v) is 1.53. The Morgan fingerprint density at radius 1 is 1.43 bits per heavy atom. The zero-order valence-electron chi connectivity index (χ0n) is 7.30. The molecule has 0 atom stereocenters. The lowest BCUT2D eigenvalue weighted by atomic mass is 10.1. The largest absolute Gasteiger partial charge is 0.492 e. The summed E-state index contributed by atoms with van der Waals surface area (Å²) in [7, 11) is 0. The summed E-state index contributed by atoms with van der Waals surface area (Å²) in [6.45, 7) is 0.461. The van der Waals surface area contributed by atoms with Crippen LogP contribution < -0.4 is 4.74 Å². The standard InChI is InChI=1S/C10H8F2O2/c11-10(12)8(13)7-3-1-2-6-4-5-14-9(6)7/h1-3,10H,4-5H2. The smallest absolute Gasteiger partial charge is 0.300 e. The minimum Gasteiger partial charge on any atom is -0.492 e. The van der Waals surface area contributed by atoms with Crippen LogP contribution >= 0.6 is 0 Å². The Morgan fingerprint density at radius 3 is 2.93 bits per heavy atom. The van der Waals surface area contributed by atoms with Gasteiger partial charge in [-0.1, -0.05) is 12.1 Å². The second kappa shape index (κ2) is 3.36. The number of hydrogen-bond acceptors (Lipinski definition) is 2. The van der Waals surface area contributed by atoms with Gasteiger partial charge in [-0.25, -0.2) is 8.78 Å². The summed E-state index contributed by atoms with van der Waals surface area (Å²) in [5.41, 5.74) is 0.825. The van der Waals surface area contributed by atoms with Gasteiger partial charge in [-0.05, 0) is 11.6 Å². The molecule has 0 aliphatic carbocycles. The molecule has 0 spiro atoms. The highest BCUT2D eigenvalue weighted by atomic mass is 19.3. The summed E-state index contributed by atoms with van der Waals surface area (Å²) >= 11 is 0. The number of ether oxygens (including phenoxy) is 1. The molecule has 0 unspecified atom stereocenters. The van der Waals surface area contributed by atoms with Crippen molar-refractivity contribution in [2.75, 3.05) is 6.61 Å². The van der Waals surface area contributed by atoms with Crippen LogP contribution in [0.15, 0.2) is 18.2 Å². The first kappa shape index (κ1) is 9.12. The molecule has 0 aromatic heterocycles. The van der Waals surface area contributed by atoms with Gasteiger partial charge < -0.3 is 4.74 Å². The maximum atomic E-state index is 12.2. The maximum absolute atomic E-state index is 12.2. The molecule has 1 aliphatic heterocycles. The fourth-order valence-electron chi connectivity index (χ4n) is 1.53. The highest BCUT2D eigenvalue weighted by Crippen LogP contribution is 2.30. The molecule has 1 aromatic carbocycles. The van der Waals surface area contributed by atoms with Crippen LogP contribution in [0.1, 0.15) is 15.9 Å². The summed E-state index contributed by atoms with van der Waals surface area (Å²) < 4.78 is 29.5. The third kappa shape index (κ3) is 1.36. The Hall–Kier alpha value is -1.45. The summed E-state index contributed by atoms with van der Waals surface area (Å²) in [5, 5.41) is 0. The molecule has 2 rings (SSSR count). The second-order valence-electron chi connectivity index (χ2n) is 3.06. The average molecular weight is 198 g/mol. The van der Waals surface area contributed by atoms with Crippen LogP contribution in [-0.4, -0.2) is 18.8 Å². The molecule has 0 radical (unpaired) electrons. The molecule has 0 saturated heterocycles. The quantitative estimate of drug-likeness (QED) is 0.680. The van der Waals surface area contributed by atoms with E-state index in [1.54, 1.807) is 12.1 Å². The fraction of sp³-hybridized carbons (Fsp3) is 0.300. The van der Waals surface area contributed by atoms with Crippen LogP contribution in [0.5, 0.6) is 5.75 Å². The Balaban J connectivity index is 2.44. The van der Waals surface area contributed by atoms with Crippen molar-refractivity contribution < 1.29 is 18.3 Å². The summed E-state index contributed by atoms with van der Waals surface area (Å²) in [6.07, 6.45) is -2.29. The molecule has 0 bridgehead atoms. The number of rotatable bonds is 2. The molecular formula is C10H8F2O2. The maximum Gasteiger partial charge on any atom is 0.300 e. The molecular weight excluding hydrogens is 190 g/mol. The van der Waals surface area contributed by atoms with Crippen LogP contribution in [0, 0.1) is 0 Å². The SMILES string of the molecule is O=C(c1cccc2c1OCC2)C(F)F. The number of carbonyl (C=O) groups is 1. The molecule has 74 valence electrons. The van der Waals surface area contributed by atoms with E-state index in [1.807, 2.05) is 0 Å². The Kier molecular flexibility index (Phi) is 2.19. The van der Waals surface area contributed by atoms with Gasteiger partial charge in [0.15, 0.2) is 0 Å². The van der Waals surface area contributed by atoms with Gasteiger partial charge in [-0.2, -0.15) is 0 Å². The van der Waals surface area contributed by atoms with E-state index in [4.69, 9.17) is 4.74 Å². The van der Waals surface area contributed by atoms with Crippen molar-refractivity contribution in [2.24, 2.45) is 0 Å². The number of carbonyl (C=O) groups excluding carboxylic acids is 1. The number of halogens is 2. The minimum atomic E-state index is -2.97. The van der Waals surface area contributed by atoms with Crippen LogP contribution in [0.3, 0.4) is 0 Å². The van der Waals surface area contributed by atoms with Crippen molar-refractivity contribution in [1.82, 2.24) is 0 Å². The van der Waals surface area contributed by atoms with Gasteiger partial charge in [0, 0.05) is 6.42 Å². The molecule has 0 amide bonds. The number of fused-ring (bicyclic) bond motifs is 1.